The summed E-state index contributed by atoms with van der Waals surface area (Å²) >= 11 is 1.23. The van der Waals surface area contributed by atoms with Crippen molar-refractivity contribution in [2.24, 2.45) is 0 Å². The van der Waals surface area contributed by atoms with Gasteiger partial charge in [0, 0.05) is 17.8 Å². The topological polar surface area (TPSA) is 84.4 Å². The molecule has 8 heteroatoms. The lowest BCUT2D eigenvalue weighted by atomic mass is 10.1. The number of methoxy groups -OCH3 is 1. The van der Waals surface area contributed by atoms with E-state index in [-0.39, 0.29) is 22.9 Å². The Bertz CT molecular complexity index is 1050. The number of nitrogens with zero attached hydrogens (tertiary/aromatic N) is 3. The van der Waals surface area contributed by atoms with Gasteiger partial charge in [0.05, 0.1) is 13.2 Å². The van der Waals surface area contributed by atoms with Crippen molar-refractivity contribution < 1.29 is 14.3 Å². The Morgan fingerprint density at radius 1 is 1.10 bits per heavy atom. The highest BCUT2D eigenvalue weighted by molar-refractivity contribution is 7.13. The van der Waals surface area contributed by atoms with E-state index in [0.29, 0.717) is 28.6 Å². The summed E-state index contributed by atoms with van der Waals surface area (Å²) in [6.07, 6.45) is 1.69. The third-order valence-electron chi connectivity index (χ3n) is 5.08. The first-order valence-corrected chi connectivity index (χ1v) is 10.5. The molecule has 2 aromatic carbocycles. The molecular weight excluding hydrogens is 400 g/mol. The number of aromatic nitrogens is 2. The van der Waals surface area contributed by atoms with Crippen LogP contribution in [-0.2, 0) is 0 Å². The molecule has 1 saturated heterocycles. The maximum atomic E-state index is 13.0. The van der Waals surface area contributed by atoms with E-state index >= 15 is 0 Å². The monoisotopic (exact) mass is 422 g/mol. The molecule has 30 heavy (non-hydrogen) atoms. The summed E-state index contributed by atoms with van der Waals surface area (Å²) in [6, 6.07) is 14.5. The third-order valence-corrected chi connectivity index (χ3v) is 6.10. The Hall–Kier alpha value is -3.26. The number of aryl methyl sites for hydroxylation is 1. The Kier molecular flexibility index (Phi) is 5.76. The zero-order chi connectivity index (χ0) is 21.1. The summed E-state index contributed by atoms with van der Waals surface area (Å²) in [7, 11) is 1.59. The number of rotatable bonds is 5. The number of ether oxygens (including phenoxy) is 1. The number of likely N-dealkylation sites (tertiary alicyclic amines) is 1. The summed E-state index contributed by atoms with van der Waals surface area (Å²) in [5.74, 6) is 0.354. The van der Waals surface area contributed by atoms with Crippen LogP contribution in [-0.4, -0.2) is 40.6 Å². The molecule has 4 rings (SSSR count). The largest absolute Gasteiger partial charge is 0.497 e. The van der Waals surface area contributed by atoms with Gasteiger partial charge in [-0.05, 0) is 56.2 Å². The Balaban J connectivity index is 1.48. The molecule has 0 saturated carbocycles. The molecule has 1 aliphatic heterocycles. The zero-order valence-electron chi connectivity index (χ0n) is 16.8. The smallest absolute Gasteiger partial charge is 0.286 e. The van der Waals surface area contributed by atoms with E-state index in [2.05, 4.69) is 15.5 Å². The van der Waals surface area contributed by atoms with Gasteiger partial charge in [-0.25, -0.2) is 0 Å². The van der Waals surface area contributed by atoms with Crippen LogP contribution in [0.2, 0.25) is 0 Å². The molecule has 0 spiro atoms. The molecular formula is C22H22N4O3S. The molecule has 1 fully saturated rings. The van der Waals surface area contributed by atoms with Crippen molar-refractivity contribution in [3.05, 3.63) is 69.7 Å². The van der Waals surface area contributed by atoms with Crippen molar-refractivity contribution in [2.45, 2.75) is 25.8 Å². The quantitative estimate of drug-likeness (QED) is 0.670. The first-order valence-electron chi connectivity index (χ1n) is 9.71. The zero-order valence-corrected chi connectivity index (χ0v) is 17.6. The first-order chi connectivity index (χ1) is 14.5. The third kappa shape index (κ3) is 4.18. The van der Waals surface area contributed by atoms with E-state index in [1.165, 1.54) is 11.3 Å². The molecule has 0 unspecified atom stereocenters. The molecule has 1 atom stereocenters. The second kappa shape index (κ2) is 8.62. The lowest BCUT2D eigenvalue weighted by molar-refractivity contribution is 0.0735. The lowest BCUT2D eigenvalue weighted by Gasteiger charge is -2.22. The normalized spacial score (nSPS) is 15.8. The van der Waals surface area contributed by atoms with Crippen LogP contribution in [0.25, 0.3) is 0 Å². The number of hydrogen-bond acceptors (Lipinski definition) is 6. The maximum absolute atomic E-state index is 13.0. The van der Waals surface area contributed by atoms with Gasteiger partial charge < -0.3 is 15.0 Å². The number of benzene rings is 2. The highest BCUT2D eigenvalue weighted by atomic mass is 32.1. The minimum Gasteiger partial charge on any atom is -0.497 e. The minimum atomic E-state index is -0.298. The molecule has 2 heterocycles. The fraction of sp³-hybridized carbons (Fsp3) is 0.273. The van der Waals surface area contributed by atoms with Crippen LogP contribution < -0.4 is 10.1 Å². The second-order valence-electron chi connectivity index (χ2n) is 7.15. The highest BCUT2D eigenvalue weighted by Gasteiger charge is 2.33. The standard InChI is InChI=1S/C22H22N4O3S/c1-14-5-9-16(10-6-14)23-19(27)21-25-24-20(30-21)18-4-3-13-26(18)22(28)15-7-11-17(29-2)12-8-15/h5-12,18H,3-4,13H2,1-2H3,(H,23,27)/t18-/m0/s1. The average Bonchev–Trinajstić information content (AvgIpc) is 3.44. The Labute approximate surface area is 178 Å². The molecule has 3 aromatic rings. The number of amides is 2. The fourth-order valence-electron chi connectivity index (χ4n) is 3.45. The van der Waals surface area contributed by atoms with Gasteiger partial charge in [-0.2, -0.15) is 0 Å². The van der Waals surface area contributed by atoms with Crippen LogP contribution in [0, 0.1) is 6.92 Å². The summed E-state index contributed by atoms with van der Waals surface area (Å²) < 4.78 is 5.16. The first kappa shape index (κ1) is 20.0. The number of nitrogens with one attached hydrogen (secondary N) is 1. The Morgan fingerprint density at radius 2 is 1.83 bits per heavy atom. The van der Waals surface area contributed by atoms with Crippen LogP contribution in [0.1, 0.15) is 49.6 Å². The second-order valence-corrected chi connectivity index (χ2v) is 8.16. The summed E-state index contributed by atoms with van der Waals surface area (Å²) in [5, 5.41) is 12.1. The van der Waals surface area contributed by atoms with Crippen molar-refractivity contribution in [3.63, 3.8) is 0 Å². The molecule has 1 aliphatic rings. The van der Waals surface area contributed by atoms with Gasteiger partial charge >= 0.3 is 0 Å². The van der Waals surface area contributed by atoms with Gasteiger partial charge in [-0.15, -0.1) is 10.2 Å². The average molecular weight is 423 g/mol. The van der Waals surface area contributed by atoms with E-state index in [0.717, 1.165) is 18.4 Å². The van der Waals surface area contributed by atoms with Gasteiger partial charge in [0.15, 0.2) is 0 Å². The van der Waals surface area contributed by atoms with Crippen molar-refractivity contribution >= 4 is 28.8 Å². The van der Waals surface area contributed by atoms with Crippen molar-refractivity contribution in [1.82, 2.24) is 15.1 Å². The van der Waals surface area contributed by atoms with Crippen LogP contribution in [0.4, 0.5) is 5.69 Å². The number of carbonyl (C=O) groups excluding carboxylic acids is 2. The van der Waals surface area contributed by atoms with E-state index in [1.807, 2.05) is 36.1 Å². The van der Waals surface area contributed by atoms with E-state index < -0.39 is 0 Å². The number of anilines is 1. The van der Waals surface area contributed by atoms with E-state index in [4.69, 9.17) is 4.74 Å². The molecule has 0 radical (unpaired) electrons. The van der Waals surface area contributed by atoms with Crippen LogP contribution in [0.15, 0.2) is 48.5 Å². The van der Waals surface area contributed by atoms with Crippen molar-refractivity contribution in [3.8, 4) is 5.75 Å². The molecule has 2 amide bonds. The maximum Gasteiger partial charge on any atom is 0.286 e. The lowest BCUT2D eigenvalue weighted by Crippen LogP contribution is -2.30. The predicted molar refractivity (Wildman–Crippen MR) is 115 cm³/mol. The van der Waals surface area contributed by atoms with Crippen LogP contribution in [0.3, 0.4) is 0 Å². The summed E-state index contributed by atoms with van der Waals surface area (Å²) in [4.78, 5) is 27.3. The molecule has 0 aliphatic carbocycles. The molecule has 1 aromatic heterocycles. The van der Waals surface area contributed by atoms with E-state index in [9.17, 15) is 9.59 Å². The molecule has 0 bridgehead atoms. The van der Waals surface area contributed by atoms with Crippen LogP contribution >= 0.6 is 11.3 Å². The summed E-state index contributed by atoms with van der Waals surface area (Å²) in [6.45, 7) is 2.64. The van der Waals surface area contributed by atoms with Gasteiger partial charge in [0.25, 0.3) is 11.8 Å². The number of carbonyl (C=O) groups is 2. The summed E-state index contributed by atoms with van der Waals surface area (Å²) in [5.41, 5.74) is 2.43. The SMILES string of the molecule is COc1ccc(C(=O)N2CCC[C@H]2c2nnc(C(=O)Nc3ccc(C)cc3)s2)cc1. The van der Waals surface area contributed by atoms with Gasteiger partial charge in [0.2, 0.25) is 5.01 Å². The fourth-order valence-corrected chi connectivity index (χ4v) is 4.33. The minimum absolute atomic E-state index is 0.0546. The van der Waals surface area contributed by atoms with Gasteiger partial charge in [-0.3, -0.25) is 9.59 Å². The Morgan fingerprint density at radius 3 is 2.53 bits per heavy atom. The van der Waals surface area contributed by atoms with Crippen LogP contribution in [0.5, 0.6) is 5.75 Å². The molecule has 154 valence electrons. The van der Waals surface area contributed by atoms with Gasteiger partial charge in [-0.1, -0.05) is 29.0 Å². The van der Waals surface area contributed by atoms with Gasteiger partial charge in [0.1, 0.15) is 10.8 Å². The highest BCUT2D eigenvalue weighted by Crippen LogP contribution is 2.35. The van der Waals surface area contributed by atoms with E-state index in [1.54, 1.807) is 31.4 Å². The van der Waals surface area contributed by atoms with Crippen molar-refractivity contribution in [2.75, 3.05) is 19.0 Å². The number of hydrogen-bond donors (Lipinski definition) is 1. The molecule has 1 N–H and O–H groups in total. The molecule has 7 nitrogen and oxygen atoms in total. The predicted octanol–water partition coefficient (Wildman–Crippen LogP) is 4.08. The van der Waals surface area contributed by atoms with Crippen molar-refractivity contribution in [1.29, 1.82) is 0 Å².